The summed E-state index contributed by atoms with van der Waals surface area (Å²) in [6.07, 6.45) is 4.50. The molecule has 0 amide bonds. The van der Waals surface area contributed by atoms with Crippen LogP contribution in [0.15, 0.2) is 29.3 Å². The normalized spacial score (nSPS) is 20.5. The molecule has 1 saturated heterocycles. The highest BCUT2D eigenvalue weighted by atomic mass is 35.5. The highest BCUT2D eigenvalue weighted by Gasteiger charge is 2.31. The van der Waals surface area contributed by atoms with E-state index in [-0.39, 0.29) is 36.1 Å². The first-order valence-corrected chi connectivity index (χ1v) is 11.3. The molecule has 1 N–H and O–H groups in total. The van der Waals surface area contributed by atoms with Crippen molar-refractivity contribution in [1.82, 2.24) is 19.4 Å². The number of nitrogens with zero attached hydrogens (tertiary/aromatic N) is 3. The molecule has 0 spiro atoms. The van der Waals surface area contributed by atoms with E-state index in [4.69, 9.17) is 0 Å². The van der Waals surface area contributed by atoms with Crippen LogP contribution in [0.3, 0.4) is 0 Å². The van der Waals surface area contributed by atoms with Crippen molar-refractivity contribution in [3.8, 4) is 11.4 Å². The van der Waals surface area contributed by atoms with Crippen LogP contribution in [0, 0.1) is 5.92 Å². The summed E-state index contributed by atoms with van der Waals surface area (Å²) in [5.41, 5.74) is 1.61. The van der Waals surface area contributed by atoms with E-state index in [0.717, 1.165) is 31.7 Å². The first kappa shape index (κ1) is 23.9. The highest BCUT2D eigenvalue weighted by Crippen LogP contribution is 2.32. The van der Waals surface area contributed by atoms with Crippen molar-refractivity contribution in [2.24, 2.45) is 5.92 Å². The number of hydrogen-bond acceptors (Lipinski definition) is 5. The fourth-order valence-corrected chi connectivity index (χ4v) is 5.08. The lowest BCUT2D eigenvalue weighted by Gasteiger charge is -2.37. The van der Waals surface area contributed by atoms with Crippen LogP contribution in [-0.4, -0.2) is 46.6 Å². The number of sulfone groups is 1. The number of piperidine rings is 1. The lowest BCUT2D eigenvalue weighted by molar-refractivity contribution is 0.257. The van der Waals surface area contributed by atoms with Gasteiger partial charge in [-0.1, -0.05) is 0 Å². The number of halogens is 2. The first-order chi connectivity index (χ1) is 12.9. The summed E-state index contributed by atoms with van der Waals surface area (Å²) >= 11 is 0. The summed E-state index contributed by atoms with van der Waals surface area (Å²) in [5.74, 6) is 1.45. The predicted molar refractivity (Wildman–Crippen MR) is 119 cm³/mol. The number of imidazole rings is 1. The van der Waals surface area contributed by atoms with Gasteiger partial charge in [-0.3, -0.25) is 4.79 Å². The Morgan fingerprint density at radius 3 is 2.72 bits per heavy atom. The summed E-state index contributed by atoms with van der Waals surface area (Å²) in [6, 6.07) is 3.88. The largest absolute Gasteiger partial charge is 0.330 e. The lowest BCUT2D eigenvalue weighted by Crippen LogP contribution is -2.45. The molecule has 7 nitrogen and oxygen atoms in total. The second-order valence-electron chi connectivity index (χ2n) is 7.90. The third-order valence-electron chi connectivity index (χ3n) is 5.80. The number of hydrogen-bond donors (Lipinski definition) is 1. The molecule has 0 aliphatic carbocycles. The third kappa shape index (κ3) is 4.55. The molecule has 0 saturated carbocycles. The molecule has 2 aliphatic heterocycles. The molecule has 2 atom stereocenters. The quantitative estimate of drug-likeness (QED) is 0.734. The van der Waals surface area contributed by atoms with Crippen LogP contribution in [0.2, 0.25) is 0 Å². The topological polar surface area (TPSA) is 86.0 Å². The van der Waals surface area contributed by atoms with Crippen molar-refractivity contribution >= 4 is 34.7 Å². The van der Waals surface area contributed by atoms with Crippen molar-refractivity contribution in [3.05, 3.63) is 40.6 Å². The number of pyridine rings is 1. The Bertz CT molecular complexity index is 1020. The minimum absolute atomic E-state index is 0. The van der Waals surface area contributed by atoms with E-state index >= 15 is 0 Å². The van der Waals surface area contributed by atoms with Gasteiger partial charge in [-0.2, -0.15) is 0 Å². The Kier molecular flexibility index (Phi) is 7.59. The van der Waals surface area contributed by atoms with Gasteiger partial charge in [0, 0.05) is 43.6 Å². The average molecular weight is 463 g/mol. The number of aryl methyl sites for hydroxylation is 1. The molecular weight excluding hydrogens is 435 g/mol. The number of rotatable bonds is 5. The van der Waals surface area contributed by atoms with Crippen LogP contribution < -0.4 is 10.9 Å². The Balaban J connectivity index is 0.00000150. The molecule has 10 heteroatoms. The standard InChI is InChI=1S/C19H26N4O3S.2ClH/c1-13(2)27(25,26)8-7-22-6-5-21-18(22)16-3-4-17-15-9-14(10-20-11-15)12-23(17)19(16)24;;/h3-6,13-15,20H,7-12H2,1-2H3;2*1H/t14-,15+;;/m0../s1. The van der Waals surface area contributed by atoms with E-state index < -0.39 is 15.1 Å². The molecule has 2 aliphatic rings. The molecular formula is C19H28Cl2N4O3S. The van der Waals surface area contributed by atoms with Crippen molar-refractivity contribution in [3.63, 3.8) is 0 Å². The van der Waals surface area contributed by atoms with Crippen LogP contribution in [0.4, 0.5) is 0 Å². The smallest absolute Gasteiger partial charge is 0.261 e. The molecule has 2 aromatic rings. The van der Waals surface area contributed by atoms with E-state index in [1.807, 2.05) is 16.7 Å². The Hall–Kier alpha value is -1.35. The van der Waals surface area contributed by atoms with Crippen LogP contribution >= 0.6 is 24.8 Å². The first-order valence-electron chi connectivity index (χ1n) is 9.54. The van der Waals surface area contributed by atoms with Gasteiger partial charge in [0.25, 0.3) is 5.56 Å². The van der Waals surface area contributed by atoms with E-state index in [2.05, 4.69) is 10.3 Å². The second-order valence-corrected chi connectivity index (χ2v) is 10.6. The van der Waals surface area contributed by atoms with Gasteiger partial charge in [-0.05, 0) is 44.9 Å². The summed E-state index contributed by atoms with van der Waals surface area (Å²) < 4.78 is 28.0. The Morgan fingerprint density at radius 2 is 2.00 bits per heavy atom. The molecule has 0 aromatic carbocycles. The second kappa shape index (κ2) is 9.20. The van der Waals surface area contributed by atoms with Crippen molar-refractivity contribution in [1.29, 1.82) is 0 Å². The zero-order valence-electron chi connectivity index (χ0n) is 16.6. The zero-order chi connectivity index (χ0) is 19.2. The maximum atomic E-state index is 13.2. The number of fused-ring (bicyclic) bond motifs is 4. The third-order valence-corrected chi connectivity index (χ3v) is 7.99. The molecule has 0 unspecified atom stereocenters. The number of nitrogens with one attached hydrogen (secondary N) is 1. The van der Waals surface area contributed by atoms with Crippen LogP contribution in [-0.2, 0) is 22.9 Å². The van der Waals surface area contributed by atoms with Crippen LogP contribution in [0.25, 0.3) is 11.4 Å². The molecule has 1 fully saturated rings. The van der Waals surface area contributed by atoms with Gasteiger partial charge in [0.2, 0.25) is 0 Å². The molecule has 162 valence electrons. The summed E-state index contributed by atoms with van der Waals surface area (Å²) in [6.45, 7) is 6.27. The maximum Gasteiger partial charge on any atom is 0.261 e. The average Bonchev–Trinajstić information content (AvgIpc) is 3.09. The molecule has 2 bridgehead atoms. The summed E-state index contributed by atoms with van der Waals surface area (Å²) in [7, 11) is -3.15. The van der Waals surface area contributed by atoms with Gasteiger partial charge >= 0.3 is 0 Å². The van der Waals surface area contributed by atoms with Crippen molar-refractivity contribution in [2.75, 3.05) is 18.8 Å². The van der Waals surface area contributed by atoms with E-state index in [9.17, 15) is 13.2 Å². The molecule has 0 radical (unpaired) electrons. The predicted octanol–water partition coefficient (Wildman–Crippen LogP) is 2.09. The van der Waals surface area contributed by atoms with Gasteiger partial charge in [0.1, 0.15) is 5.82 Å². The summed E-state index contributed by atoms with van der Waals surface area (Å²) in [5, 5.41) is 3.04. The molecule has 4 heterocycles. The lowest BCUT2D eigenvalue weighted by atomic mass is 9.84. The van der Waals surface area contributed by atoms with Gasteiger partial charge in [0.15, 0.2) is 9.84 Å². The van der Waals surface area contributed by atoms with Crippen molar-refractivity contribution < 1.29 is 8.42 Å². The van der Waals surface area contributed by atoms with E-state index in [1.165, 1.54) is 0 Å². The summed E-state index contributed by atoms with van der Waals surface area (Å²) in [4.78, 5) is 17.5. The molecule has 4 rings (SSSR count). The number of aromatic nitrogens is 3. The monoisotopic (exact) mass is 462 g/mol. The van der Waals surface area contributed by atoms with Crippen LogP contribution in [0.5, 0.6) is 0 Å². The zero-order valence-corrected chi connectivity index (χ0v) is 19.0. The van der Waals surface area contributed by atoms with Gasteiger partial charge in [-0.15, -0.1) is 24.8 Å². The minimum Gasteiger partial charge on any atom is -0.330 e. The minimum atomic E-state index is -3.15. The maximum absolute atomic E-state index is 13.2. The SMILES string of the molecule is CC(C)S(=O)(=O)CCn1ccnc1-c1ccc2n(c1=O)C[C@@H]1CNC[C@H]2C1.Cl.Cl. The van der Waals surface area contributed by atoms with E-state index in [1.54, 1.807) is 30.8 Å². The van der Waals surface area contributed by atoms with Crippen molar-refractivity contribution in [2.45, 2.75) is 44.5 Å². The van der Waals surface area contributed by atoms with Gasteiger partial charge < -0.3 is 14.5 Å². The fourth-order valence-electron chi connectivity index (χ4n) is 4.16. The highest BCUT2D eigenvalue weighted by molar-refractivity contribution is 7.91. The molecule has 2 aromatic heterocycles. The molecule has 29 heavy (non-hydrogen) atoms. The Labute approximate surface area is 183 Å². The van der Waals surface area contributed by atoms with E-state index in [0.29, 0.717) is 29.8 Å². The Morgan fingerprint density at radius 1 is 1.24 bits per heavy atom. The van der Waals surface area contributed by atoms with Gasteiger partial charge in [-0.25, -0.2) is 13.4 Å². The van der Waals surface area contributed by atoms with Gasteiger partial charge in [0.05, 0.1) is 16.6 Å². The van der Waals surface area contributed by atoms with Crippen LogP contribution in [0.1, 0.15) is 31.9 Å². The fraction of sp³-hybridized carbons (Fsp3) is 0.579.